The maximum Gasteiger partial charge on any atom is 0.407 e. The van der Waals surface area contributed by atoms with E-state index in [2.05, 4.69) is 10.6 Å². The largest absolute Gasteiger partial charge is 0.465 e. The molecule has 0 radical (unpaired) electrons. The summed E-state index contributed by atoms with van der Waals surface area (Å²) in [4.78, 5) is 44.1. The molecule has 3 amide bonds. The normalized spacial score (nSPS) is 23.0. The summed E-state index contributed by atoms with van der Waals surface area (Å²) in [6, 6.07) is 2.27. The van der Waals surface area contributed by atoms with Crippen molar-refractivity contribution in [2.24, 2.45) is 5.92 Å². The van der Waals surface area contributed by atoms with Gasteiger partial charge in [0.25, 0.3) is 0 Å². The van der Waals surface area contributed by atoms with Crippen LogP contribution in [0.3, 0.4) is 0 Å². The van der Waals surface area contributed by atoms with E-state index in [4.69, 9.17) is 0 Å². The van der Waals surface area contributed by atoms with Crippen LogP contribution in [0.2, 0.25) is 0 Å². The smallest absolute Gasteiger partial charge is 0.407 e. The fourth-order valence-corrected chi connectivity index (χ4v) is 6.60. The Labute approximate surface area is 230 Å². The Hall–Kier alpha value is -2.38. The molecule has 218 valence electrons. The molecule has 2 aliphatic heterocycles. The van der Waals surface area contributed by atoms with E-state index in [1.807, 2.05) is 17.5 Å². The molecule has 1 aromatic rings. The number of hydrogen-bond donors (Lipinski definition) is 3. The Bertz CT molecular complexity index is 965. The molecule has 0 unspecified atom stereocenters. The van der Waals surface area contributed by atoms with Gasteiger partial charge in [0.15, 0.2) is 0 Å². The van der Waals surface area contributed by atoms with Gasteiger partial charge in [-0.2, -0.15) is 13.2 Å². The van der Waals surface area contributed by atoms with Crippen molar-refractivity contribution in [1.29, 1.82) is 0 Å². The number of nitrogens with zero attached hydrogens (tertiary/aromatic N) is 3. The fourth-order valence-electron chi connectivity index (χ4n) is 5.96. The number of carbonyl (C=O) groups is 3. The predicted octanol–water partition coefficient (Wildman–Crippen LogP) is 3.12. The molecule has 0 spiro atoms. The van der Waals surface area contributed by atoms with E-state index < -0.39 is 36.8 Å². The van der Waals surface area contributed by atoms with Crippen LogP contribution in [0.5, 0.6) is 0 Å². The first kappa shape index (κ1) is 29.6. The first-order valence-corrected chi connectivity index (χ1v) is 14.6. The average molecular weight is 574 g/mol. The Morgan fingerprint density at radius 2 is 1.77 bits per heavy atom. The first-order chi connectivity index (χ1) is 18.6. The van der Waals surface area contributed by atoms with E-state index in [1.54, 1.807) is 0 Å². The van der Waals surface area contributed by atoms with Crippen molar-refractivity contribution in [3.8, 4) is 0 Å². The van der Waals surface area contributed by atoms with E-state index in [1.165, 1.54) is 21.1 Å². The molecule has 3 heterocycles. The number of piperazine rings is 1. The van der Waals surface area contributed by atoms with E-state index in [0.717, 1.165) is 41.9 Å². The summed E-state index contributed by atoms with van der Waals surface area (Å²) in [6.45, 7) is -0.136. The number of likely N-dealkylation sites (tertiary alicyclic amines) is 1. The molecule has 0 aromatic carbocycles. The Kier molecular flexibility index (Phi) is 10.1. The number of rotatable bonds is 8. The van der Waals surface area contributed by atoms with Gasteiger partial charge in [-0.25, -0.2) is 4.79 Å². The van der Waals surface area contributed by atoms with Gasteiger partial charge >= 0.3 is 12.3 Å². The second-order valence-electron chi connectivity index (χ2n) is 10.8. The molecule has 2 atom stereocenters. The summed E-state index contributed by atoms with van der Waals surface area (Å²) in [7, 11) is 0. The van der Waals surface area contributed by atoms with Gasteiger partial charge in [-0.15, -0.1) is 11.3 Å². The lowest BCUT2D eigenvalue weighted by Crippen LogP contribution is -2.65. The summed E-state index contributed by atoms with van der Waals surface area (Å²) in [5, 5.41) is 17.9. The van der Waals surface area contributed by atoms with E-state index in [0.29, 0.717) is 12.8 Å². The summed E-state index contributed by atoms with van der Waals surface area (Å²) >= 11 is 1.49. The predicted molar refractivity (Wildman–Crippen MR) is 140 cm³/mol. The van der Waals surface area contributed by atoms with Crippen molar-refractivity contribution in [2.45, 2.75) is 75.8 Å². The highest BCUT2D eigenvalue weighted by atomic mass is 32.1. The van der Waals surface area contributed by atoms with Crippen molar-refractivity contribution in [2.75, 3.05) is 39.3 Å². The number of piperidine rings is 1. The molecular formula is C26H38F3N5O4S. The van der Waals surface area contributed by atoms with Crippen molar-refractivity contribution < 1.29 is 32.7 Å². The van der Waals surface area contributed by atoms with Crippen LogP contribution in [-0.2, 0) is 16.1 Å². The van der Waals surface area contributed by atoms with Crippen LogP contribution in [-0.4, -0.2) is 101 Å². The summed E-state index contributed by atoms with van der Waals surface area (Å²) in [5.41, 5.74) is 0. The Morgan fingerprint density at radius 1 is 1.05 bits per heavy atom. The summed E-state index contributed by atoms with van der Waals surface area (Å²) in [5.74, 6) is -0.855. The third-order valence-electron chi connectivity index (χ3n) is 8.05. The third-order valence-corrected chi connectivity index (χ3v) is 8.92. The molecule has 1 aliphatic carbocycles. The van der Waals surface area contributed by atoms with Crippen molar-refractivity contribution >= 4 is 29.2 Å². The Balaban J connectivity index is 1.50. The zero-order valence-corrected chi connectivity index (χ0v) is 22.8. The molecule has 3 N–H and O–H groups in total. The van der Waals surface area contributed by atoms with E-state index in [-0.39, 0.29) is 57.1 Å². The monoisotopic (exact) mass is 573 g/mol. The van der Waals surface area contributed by atoms with Gasteiger partial charge in [0.2, 0.25) is 11.8 Å². The third kappa shape index (κ3) is 8.31. The van der Waals surface area contributed by atoms with Crippen LogP contribution >= 0.6 is 11.3 Å². The fraction of sp³-hybridized carbons (Fsp3) is 0.731. The van der Waals surface area contributed by atoms with Gasteiger partial charge < -0.3 is 25.5 Å². The minimum Gasteiger partial charge on any atom is -0.465 e. The lowest BCUT2D eigenvalue weighted by molar-refractivity contribution is -0.152. The van der Waals surface area contributed by atoms with Gasteiger partial charge in [-0.05, 0) is 56.1 Å². The van der Waals surface area contributed by atoms with Crippen LogP contribution < -0.4 is 10.6 Å². The number of halogens is 3. The minimum atomic E-state index is -4.27. The average Bonchev–Trinajstić information content (AvgIpc) is 3.44. The highest BCUT2D eigenvalue weighted by Gasteiger charge is 2.43. The van der Waals surface area contributed by atoms with Crippen LogP contribution in [0.1, 0.15) is 49.8 Å². The lowest BCUT2D eigenvalue weighted by Gasteiger charge is -2.44. The molecule has 2 saturated heterocycles. The van der Waals surface area contributed by atoms with Crippen LogP contribution in [0.4, 0.5) is 18.0 Å². The zero-order valence-electron chi connectivity index (χ0n) is 22.0. The minimum absolute atomic E-state index is 0.0813. The van der Waals surface area contributed by atoms with Crippen molar-refractivity contribution in [3.05, 3.63) is 22.4 Å². The first-order valence-electron chi connectivity index (χ1n) is 13.7. The van der Waals surface area contributed by atoms with Crippen LogP contribution in [0, 0.1) is 5.92 Å². The molecule has 13 heteroatoms. The number of nitrogens with one attached hydrogen (secondary N) is 2. The van der Waals surface area contributed by atoms with E-state index in [9.17, 15) is 32.7 Å². The highest BCUT2D eigenvalue weighted by molar-refractivity contribution is 7.09. The maximum absolute atomic E-state index is 14.1. The van der Waals surface area contributed by atoms with Crippen LogP contribution in [0.15, 0.2) is 17.5 Å². The molecule has 3 fully saturated rings. The highest BCUT2D eigenvalue weighted by Crippen LogP contribution is 2.28. The number of carboxylic acid groups (broad SMARTS) is 1. The molecule has 3 aliphatic rings. The van der Waals surface area contributed by atoms with Gasteiger partial charge in [0.05, 0.1) is 25.7 Å². The maximum atomic E-state index is 14.1. The Morgan fingerprint density at radius 3 is 2.38 bits per heavy atom. The van der Waals surface area contributed by atoms with Crippen LogP contribution in [0.25, 0.3) is 0 Å². The molecule has 1 saturated carbocycles. The quantitative estimate of drug-likeness (QED) is 0.442. The molecule has 9 nitrogen and oxygen atoms in total. The number of carbonyl (C=O) groups excluding carboxylic acids is 2. The number of alkyl halides is 3. The van der Waals surface area contributed by atoms with Gasteiger partial charge in [-0.1, -0.05) is 25.3 Å². The second-order valence-corrected chi connectivity index (χ2v) is 11.8. The molecular weight excluding hydrogens is 535 g/mol. The standard InChI is InChI=1S/C26H38F3N5O4S/c27-26(28,29)17-32-10-8-18(9-11-32)22(31-19-5-2-1-3-6-19)24(36)34-13-12-33(25(37)38)16-21(34)23(35)30-15-20-7-4-14-39-20/h4,7,14,18-19,21-22,31H,1-3,5-6,8-13,15-17H2,(H,30,35)(H,37,38)/t21-,22+/m0/s1. The van der Waals surface area contributed by atoms with Crippen molar-refractivity contribution in [3.63, 3.8) is 0 Å². The molecule has 4 rings (SSSR count). The lowest BCUT2D eigenvalue weighted by atomic mass is 9.86. The SMILES string of the molecule is O=C(NCc1cccs1)[C@@H]1CN(C(=O)O)CCN1C(=O)[C@H](NC1CCCCC1)C1CCN(CC(F)(F)F)CC1. The topological polar surface area (TPSA) is 105 Å². The summed E-state index contributed by atoms with van der Waals surface area (Å²) in [6.07, 6.45) is 0.551. The molecule has 0 bridgehead atoms. The van der Waals surface area contributed by atoms with Gasteiger partial charge in [0.1, 0.15) is 6.04 Å². The molecule has 39 heavy (non-hydrogen) atoms. The van der Waals surface area contributed by atoms with Gasteiger partial charge in [-0.3, -0.25) is 14.5 Å². The number of amides is 3. The second kappa shape index (κ2) is 13.3. The summed E-state index contributed by atoms with van der Waals surface area (Å²) < 4.78 is 38.8. The number of thiophene rings is 1. The number of hydrogen-bond acceptors (Lipinski definition) is 6. The van der Waals surface area contributed by atoms with E-state index >= 15 is 0 Å². The molecule has 1 aromatic heterocycles. The van der Waals surface area contributed by atoms with Gasteiger partial charge in [0, 0.05) is 24.0 Å². The zero-order chi connectivity index (χ0) is 28.0. The van der Waals surface area contributed by atoms with Crippen molar-refractivity contribution in [1.82, 2.24) is 25.3 Å².